The zero-order valence-corrected chi connectivity index (χ0v) is 18.8. The van der Waals surface area contributed by atoms with Crippen molar-refractivity contribution in [1.82, 2.24) is 24.4 Å². The zero-order valence-electron chi connectivity index (χ0n) is 16.5. The summed E-state index contributed by atoms with van der Waals surface area (Å²) in [6.07, 6.45) is -0.305. The number of thiazole rings is 1. The Morgan fingerprint density at radius 2 is 2.00 bits per heavy atom. The number of hydrogen-bond donors (Lipinski definition) is 1. The number of fused-ring (bicyclic) bond motifs is 1. The lowest BCUT2D eigenvalue weighted by atomic mass is 10.0. The Morgan fingerprint density at radius 1 is 1.27 bits per heavy atom. The molecular formula is C19H21Cl2N5O3S. The van der Waals surface area contributed by atoms with Crippen molar-refractivity contribution in [3.05, 3.63) is 44.5 Å². The average Bonchev–Trinajstić information content (AvgIpc) is 3.23. The van der Waals surface area contributed by atoms with E-state index in [0.717, 1.165) is 5.56 Å². The summed E-state index contributed by atoms with van der Waals surface area (Å²) in [5, 5.41) is 16.1. The number of halogens is 2. The van der Waals surface area contributed by atoms with E-state index in [2.05, 4.69) is 15.0 Å². The summed E-state index contributed by atoms with van der Waals surface area (Å²) in [4.78, 5) is 21.7. The van der Waals surface area contributed by atoms with Crippen molar-refractivity contribution in [3.8, 4) is 5.88 Å². The van der Waals surface area contributed by atoms with Gasteiger partial charge in [-0.1, -0.05) is 40.6 Å². The van der Waals surface area contributed by atoms with Gasteiger partial charge in [0.1, 0.15) is 5.82 Å². The summed E-state index contributed by atoms with van der Waals surface area (Å²) in [5.41, 5.74) is 0.894. The second-order valence-corrected chi connectivity index (χ2v) is 8.76. The van der Waals surface area contributed by atoms with Gasteiger partial charge in [-0.3, -0.25) is 4.90 Å². The first-order valence-electron chi connectivity index (χ1n) is 9.54. The number of carbonyl (C=O) groups excluding carboxylic acids is 1. The van der Waals surface area contributed by atoms with Crippen molar-refractivity contribution in [3.63, 3.8) is 0 Å². The molecule has 1 aliphatic rings. The third-order valence-corrected chi connectivity index (χ3v) is 6.83. The highest BCUT2D eigenvalue weighted by Crippen LogP contribution is 2.41. The molecule has 0 spiro atoms. The number of rotatable bonds is 4. The van der Waals surface area contributed by atoms with Crippen LogP contribution in [0.3, 0.4) is 0 Å². The van der Waals surface area contributed by atoms with E-state index in [1.165, 1.54) is 15.9 Å². The lowest BCUT2D eigenvalue weighted by molar-refractivity contribution is 0.0715. The van der Waals surface area contributed by atoms with Gasteiger partial charge in [0.05, 0.1) is 27.6 Å². The van der Waals surface area contributed by atoms with Crippen LogP contribution < -0.4 is 0 Å². The summed E-state index contributed by atoms with van der Waals surface area (Å²) in [6.45, 7) is 6.19. The Kier molecular flexibility index (Phi) is 6.06. The lowest BCUT2D eigenvalue weighted by Gasteiger charge is -2.38. The molecule has 1 N–H and O–H groups in total. The van der Waals surface area contributed by atoms with Gasteiger partial charge in [0.15, 0.2) is 0 Å². The highest BCUT2D eigenvalue weighted by molar-refractivity contribution is 7.17. The lowest BCUT2D eigenvalue weighted by Crippen LogP contribution is -2.49. The molecule has 4 rings (SSSR count). The Bertz CT molecular complexity index is 1080. The van der Waals surface area contributed by atoms with Crippen LogP contribution in [0, 0.1) is 6.92 Å². The fourth-order valence-corrected chi connectivity index (χ4v) is 5.08. The number of hydrogen-bond acceptors (Lipinski definition) is 7. The van der Waals surface area contributed by atoms with E-state index in [9.17, 15) is 9.90 Å². The second kappa shape index (κ2) is 8.58. The average molecular weight is 470 g/mol. The van der Waals surface area contributed by atoms with Crippen LogP contribution in [0.1, 0.15) is 29.2 Å². The van der Waals surface area contributed by atoms with Gasteiger partial charge in [-0.15, -0.1) is 5.10 Å². The topological polar surface area (TPSA) is 83.2 Å². The van der Waals surface area contributed by atoms with Gasteiger partial charge in [-0.2, -0.15) is 4.52 Å². The predicted octanol–water partition coefficient (Wildman–Crippen LogP) is 3.98. The van der Waals surface area contributed by atoms with Crippen molar-refractivity contribution < 1.29 is 14.6 Å². The molecule has 30 heavy (non-hydrogen) atoms. The number of carbonyl (C=O) groups is 1. The Hall–Kier alpha value is -2.07. The number of ether oxygens (including phenoxy) is 1. The molecule has 11 heteroatoms. The largest absolute Gasteiger partial charge is 0.492 e. The van der Waals surface area contributed by atoms with E-state index in [1.807, 2.05) is 12.1 Å². The summed E-state index contributed by atoms with van der Waals surface area (Å²) in [7, 11) is 0. The van der Waals surface area contributed by atoms with Crippen LogP contribution in [0.15, 0.2) is 18.2 Å². The van der Waals surface area contributed by atoms with E-state index in [1.54, 1.807) is 24.8 Å². The van der Waals surface area contributed by atoms with Gasteiger partial charge < -0.3 is 14.7 Å². The molecule has 8 nitrogen and oxygen atoms in total. The predicted molar refractivity (Wildman–Crippen MR) is 116 cm³/mol. The van der Waals surface area contributed by atoms with Gasteiger partial charge in [0.25, 0.3) is 0 Å². The number of benzene rings is 1. The maximum atomic E-state index is 12.1. The van der Waals surface area contributed by atoms with Crippen LogP contribution in [-0.2, 0) is 4.74 Å². The van der Waals surface area contributed by atoms with E-state index in [4.69, 9.17) is 27.9 Å². The molecule has 1 amide bonds. The molecule has 1 aliphatic heterocycles. The maximum Gasteiger partial charge on any atom is 0.409 e. The van der Waals surface area contributed by atoms with Gasteiger partial charge in [0, 0.05) is 26.2 Å². The number of aryl methyl sites for hydroxylation is 1. The zero-order chi connectivity index (χ0) is 21.4. The van der Waals surface area contributed by atoms with Gasteiger partial charge in [-0.05, 0) is 31.5 Å². The molecule has 1 atom stereocenters. The number of piperazine rings is 1. The Labute approximate surface area is 187 Å². The molecule has 2 aromatic heterocycles. The normalized spacial score (nSPS) is 16.2. The second-order valence-electron chi connectivity index (χ2n) is 6.94. The number of amides is 1. The summed E-state index contributed by atoms with van der Waals surface area (Å²) in [5.74, 6) is 0.650. The van der Waals surface area contributed by atoms with Crippen LogP contribution >= 0.6 is 34.5 Å². The third-order valence-electron chi connectivity index (χ3n) is 5.02. The first-order chi connectivity index (χ1) is 14.4. The molecule has 160 valence electrons. The minimum atomic E-state index is -0.305. The Morgan fingerprint density at radius 3 is 2.63 bits per heavy atom. The fraction of sp³-hybridized carbons (Fsp3) is 0.421. The molecule has 0 aliphatic carbocycles. The van der Waals surface area contributed by atoms with Crippen LogP contribution in [0.5, 0.6) is 5.88 Å². The molecule has 0 bridgehead atoms. The smallest absolute Gasteiger partial charge is 0.409 e. The standard InChI is InChI=1S/C19H21Cl2N5O3S/c1-3-29-19(28)25-8-6-24(7-9-25)15(12-4-5-13(20)14(21)10-12)16-17(27)26-18(30-16)22-11(2)23-26/h4-5,10,15,27H,3,6-9H2,1-2H3. The summed E-state index contributed by atoms with van der Waals surface area (Å²) >= 11 is 13.8. The van der Waals surface area contributed by atoms with Crippen LogP contribution in [0.2, 0.25) is 10.0 Å². The summed E-state index contributed by atoms with van der Waals surface area (Å²) < 4.78 is 6.57. The van der Waals surface area contributed by atoms with Crippen molar-refractivity contribution in [1.29, 1.82) is 0 Å². The molecule has 3 heterocycles. The molecule has 0 radical (unpaired) electrons. The number of aromatic nitrogens is 3. The Balaban J connectivity index is 1.69. The van der Waals surface area contributed by atoms with Crippen molar-refractivity contribution in [2.75, 3.05) is 32.8 Å². The molecule has 1 saturated heterocycles. The van der Waals surface area contributed by atoms with E-state index < -0.39 is 0 Å². The SMILES string of the molecule is CCOC(=O)N1CCN(C(c2ccc(Cl)c(Cl)c2)c2sc3nc(C)nn3c2O)CC1. The number of nitrogens with zero attached hydrogens (tertiary/aromatic N) is 5. The first-order valence-corrected chi connectivity index (χ1v) is 11.1. The molecule has 1 aromatic carbocycles. The van der Waals surface area contributed by atoms with Crippen LogP contribution in [-0.4, -0.2) is 68.4 Å². The summed E-state index contributed by atoms with van der Waals surface area (Å²) in [6, 6.07) is 5.18. The van der Waals surface area contributed by atoms with Gasteiger partial charge in [-0.25, -0.2) is 9.78 Å². The fourth-order valence-electron chi connectivity index (χ4n) is 3.61. The molecule has 1 unspecified atom stereocenters. The first kappa shape index (κ1) is 21.2. The van der Waals surface area contributed by atoms with E-state index >= 15 is 0 Å². The van der Waals surface area contributed by atoms with E-state index in [-0.39, 0.29) is 18.0 Å². The quantitative estimate of drug-likeness (QED) is 0.621. The van der Waals surface area contributed by atoms with Crippen molar-refractivity contribution >= 4 is 45.6 Å². The highest BCUT2D eigenvalue weighted by atomic mass is 35.5. The molecule has 3 aromatic rings. The van der Waals surface area contributed by atoms with Crippen LogP contribution in [0.25, 0.3) is 4.96 Å². The monoisotopic (exact) mass is 469 g/mol. The van der Waals surface area contributed by atoms with Crippen molar-refractivity contribution in [2.24, 2.45) is 0 Å². The van der Waals surface area contributed by atoms with Crippen LogP contribution in [0.4, 0.5) is 4.79 Å². The molecular weight excluding hydrogens is 449 g/mol. The minimum absolute atomic E-state index is 0.0551. The molecule has 1 fully saturated rings. The minimum Gasteiger partial charge on any atom is -0.492 e. The van der Waals surface area contributed by atoms with E-state index in [0.29, 0.717) is 58.5 Å². The molecule has 0 saturated carbocycles. The van der Waals surface area contributed by atoms with Gasteiger partial charge in [0.2, 0.25) is 10.8 Å². The maximum absolute atomic E-state index is 12.1. The highest BCUT2D eigenvalue weighted by Gasteiger charge is 2.33. The number of aromatic hydroxyl groups is 1. The third kappa shape index (κ3) is 3.94. The van der Waals surface area contributed by atoms with Crippen molar-refractivity contribution in [2.45, 2.75) is 19.9 Å². The van der Waals surface area contributed by atoms with Gasteiger partial charge >= 0.3 is 6.09 Å².